The van der Waals surface area contributed by atoms with Crippen LogP contribution in [0, 0.1) is 0 Å². The monoisotopic (exact) mass is 662 g/mol. The van der Waals surface area contributed by atoms with Crippen LogP contribution in [-0.2, 0) is 0 Å². The summed E-state index contributed by atoms with van der Waals surface area (Å²) in [5, 5.41) is 4.39. The molecule has 0 radical (unpaired) electrons. The predicted octanol–water partition coefficient (Wildman–Crippen LogP) is 12.2. The average Bonchev–Trinajstić information content (AvgIpc) is 3.23. The minimum absolute atomic E-state index is 0.920. The van der Waals surface area contributed by atoms with Crippen molar-refractivity contribution in [3.05, 3.63) is 182 Å². The molecule has 10 aromatic rings. The molecule has 0 N–H and O–H groups in total. The van der Waals surface area contributed by atoms with Gasteiger partial charge in [0.25, 0.3) is 0 Å². The van der Waals surface area contributed by atoms with Gasteiger partial charge < -0.3 is 0 Å². The number of benzene rings is 6. The van der Waals surface area contributed by atoms with Crippen LogP contribution in [0.25, 0.3) is 99.6 Å². The number of pyridine rings is 4. The first-order valence-electron chi connectivity index (χ1n) is 17.5. The quantitative estimate of drug-likeness (QED) is 0.172. The molecule has 0 fully saturated rings. The van der Waals surface area contributed by atoms with Gasteiger partial charge in [0.15, 0.2) is 0 Å². The Morgan fingerprint density at radius 2 is 0.827 bits per heavy atom. The van der Waals surface area contributed by atoms with Gasteiger partial charge in [-0.15, -0.1) is 0 Å². The highest BCUT2D eigenvalue weighted by Crippen LogP contribution is 2.32. The third kappa shape index (κ3) is 5.44. The maximum absolute atomic E-state index is 5.11. The topological polar surface area (TPSA) is 51.6 Å². The van der Waals surface area contributed by atoms with Gasteiger partial charge in [0, 0.05) is 44.4 Å². The second-order valence-electron chi connectivity index (χ2n) is 13.1. The molecule has 0 saturated carbocycles. The summed E-state index contributed by atoms with van der Waals surface area (Å²) < 4.78 is 0. The van der Waals surface area contributed by atoms with E-state index < -0.39 is 0 Å². The normalized spacial score (nSPS) is 11.5. The van der Waals surface area contributed by atoms with Gasteiger partial charge in [-0.2, -0.15) is 0 Å². The third-order valence-corrected chi connectivity index (χ3v) is 9.89. The number of aromatic nitrogens is 4. The summed E-state index contributed by atoms with van der Waals surface area (Å²) in [7, 11) is 0. The van der Waals surface area contributed by atoms with Crippen molar-refractivity contribution in [3.63, 3.8) is 0 Å². The van der Waals surface area contributed by atoms with E-state index in [2.05, 4.69) is 169 Å². The van der Waals surface area contributed by atoms with Crippen LogP contribution in [0.1, 0.15) is 0 Å². The maximum atomic E-state index is 5.11. The number of nitrogens with zero attached hydrogens (tertiary/aromatic N) is 4. The fraction of sp³-hybridized carbons (Fsp3) is 0. The highest BCUT2D eigenvalue weighted by Gasteiger charge is 2.10. The molecule has 0 unspecified atom stereocenters. The van der Waals surface area contributed by atoms with Crippen molar-refractivity contribution in [2.75, 3.05) is 0 Å². The van der Waals surface area contributed by atoms with E-state index in [1.807, 2.05) is 18.3 Å². The lowest BCUT2D eigenvalue weighted by molar-refractivity contribution is 1.36. The number of fused-ring (bicyclic) bond motifs is 5. The molecule has 0 atom stereocenters. The molecule has 4 nitrogen and oxygen atoms in total. The molecule has 0 saturated heterocycles. The van der Waals surface area contributed by atoms with Crippen molar-refractivity contribution in [2.45, 2.75) is 0 Å². The molecule has 6 aromatic carbocycles. The van der Waals surface area contributed by atoms with E-state index in [4.69, 9.17) is 15.0 Å². The lowest BCUT2D eigenvalue weighted by Crippen LogP contribution is -1.90. The number of hydrogen-bond donors (Lipinski definition) is 0. The van der Waals surface area contributed by atoms with Crippen molar-refractivity contribution in [3.8, 4) is 56.0 Å². The molecule has 0 amide bonds. The van der Waals surface area contributed by atoms with Crippen LogP contribution in [0.4, 0.5) is 0 Å². The summed E-state index contributed by atoms with van der Waals surface area (Å²) in [4.78, 5) is 19.8. The molecule has 4 aromatic heterocycles. The lowest BCUT2D eigenvalue weighted by Gasteiger charge is -2.09. The summed E-state index contributed by atoms with van der Waals surface area (Å²) >= 11 is 0. The molecule has 0 spiro atoms. The van der Waals surface area contributed by atoms with Gasteiger partial charge in [-0.1, -0.05) is 127 Å². The second-order valence-corrected chi connectivity index (χ2v) is 13.1. The van der Waals surface area contributed by atoms with E-state index in [1.165, 1.54) is 11.1 Å². The molecular weight excluding hydrogens is 633 g/mol. The summed E-state index contributed by atoms with van der Waals surface area (Å²) in [5.74, 6) is 0. The fourth-order valence-electron chi connectivity index (χ4n) is 7.11. The van der Waals surface area contributed by atoms with E-state index in [0.717, 1.165) is 88.5 Å². The molecule has 0 bridgehead atoms. The Labute approximate surface area is 300 Å². The second kappa shape index (κ2) is 12.4. The van der Waals surface area contributed by atoms with Crippen molar-refractivity contribution < 1.29 is 0 Å². The molecule has 0 aliphatic heterocycles. The van der Waals surface area contributed by atoms with Gasteiger partial charge in [0.05, 0.1) is 39.1 Å². The first-order valence-corrected chi connectivity index (χ1v) is 17.5. The van der Waals surface area contributed by atoms with Gasteiger partial charge >= 0.3 is 0 Å². The van der Waals surface area contributed by atoms with Crippen LogP contribution >= 0.6 is 0 Å². The number of hydrogen-bond acceptors (Lipinski definition) is 4. The Bertz CT molecular complexity index is 2950. The summed E-state index contributed by atoms with van der Waals surface area (Å²) in [5.41, 5.74) is 14.5. The fourth-order valence-corrected chi connectivity index (χ4v) is 7.11. The zero-order valence-electron chi connectivity index (χ0n) is 28.1. The van der Waals surface area contributed by atoms with Crippen LogP contribution in [0.2, 0.25) is 0 Å². The van der Waals surface area contributed by atoms with Crippen molar-refractivity contribution in [1.82, 2.24) is 19.9 Å². The Hall–Kier alpha value is -7.04. The van der Waals surface area contributed by atoms with E-state index in [-0.39, 0.29) is 0 Å². The minimum atomic E-state index is 0.920. The van der Waals surface area contributed by atoms with Crippen LogP contribution in [0.5, 0.6) is 0 Å². The summed E-state index contributed by atoms with van der Waals surface area (Å²) in [6.07, 6.45) is 1.83. The highest BCUT2D eigenvalue weighted by molar-refractivity contribution is 6.03. The summed E-state index contributed by atoms with van der Waals surface area (Å²) in [6.45, 7) is 0. The third-order valence-electron chi connectivity index (χ3n) is 9.89. The smallest absolute Gasteiger partial charge is 0.0972 e. The molecule has 4 heteroatoms. The molecule has 242 valence electrons. The van der Waals surface area contributed by atoms with Crippen LogP contribution in [0.15, 0.2) is 182 Å². The van der Waals surface area contributed by atoms with Crippen molar-refractivity contribution >= 4 is 43.6 Å². The van der Waals surface area contributed by atoms with Crippen LogP contribution in [-0.4, -0.2) is 19.9 Å². The van der Waals surface area contributed by atoms with E-state index >= 15 is 0 Å². The van der Waals surface area contributed by atoms with Crippen molar-refractivity contribution in [2.24, 2.45) is 0 Å². The van der Waals surface area contributed by atoms with Gasteiger partial charge in [-0.05, 0) is 70.8 Å². The Balaban J connectivity index is 0.930. The summed E-state index contributed by atoms with van der Waals surface area (Å²) in [6, 6.07) is 61.5. The molecule has 10 rings (SSSR count). The van der Waals surface area contributed by atoms with E-state index in [9.17, 15) is 0 Å². The largest absolute Gasteiger partial charge is 0.254 e. The first kappa shape index (κ1) is 29.8. The van der Waals surface area contributed by atoms with Gasteiger partial charge in [0.1, 0.15) is 0 Å². The van der Waals surface area contributed by atoms with Gasteiger partial charge in [-0.3, -0.25) is 4.98 Å². The highest BCUT2D eigenvalue weighted by atomic mass is 14.8. The van der Waals surface area contributed by atoms with E-state index in [1.54, 1.807) is 0 Å². The van der Waals surface area contributed by atoms with Crippen LogP contribution < -0.4 is 0 Å². The number of rotatable bonds is 5. The first-order chi connectivity index (χ1) is 25.7. The lowest BCUT2D eigenvalue weighted by atomic mass is 9.99. The van der Waals surface area contributed by atoms with E-state index in [0.29, 0.717) is 0 Å². The molecular formula is C48H30N4. The Morgan fingerprint density at radius 1 is 0.269 bits per heavy atom. The minimum Gasteiger partial charge on any atom is -0.254 e. The maximum Gasteiger partial charge on any atom is 0.0972 e. The van der Waals surface area contributed by atoms with Crippen molar-refractivity contribution in [1.29, 1.82) is 0 Å². The zero-order chi connectivity index (χ0) is 34.4. The Morgan fingerprint density at radius 3 is 1.65 bits per heavy atom. The average molecular weight is 663 g/mol. The zero-order valence-corrected chi connectivity index (χ0v) is 28.1. The standard InChI is InChI=1S/C48H30N4/c1-2-6-31(7-3-1)37-8-4-9-40(28-37)44-26-22-41-29-38(21-25-45(41)50-44)39-18-15-34-19-23-42(51-46(34)30-39)32-11-13-33(14-12-32)43-24-20-36-17-16-35-10-5-27-49-47(35)48(36)52-43/h1-30H. The Kier molecular flexibility index (Phi) is 7.10. The molecule has 0 aliphatic rings. The molecule has 0 aliphatic carbocycles. The van der Waals surface area contributed by atoms with Gasteiger partial charge in [0.2, 0.25) is 0 Å². The molecule has 4 heterocycles. The SMILES string of the molecule is c1ccc(-c2cccc(-c3ccc4cc(-c5ccc6ccc(-c7ccc(-c8ccc9ccc%10cccnc%10c9n8)cc7)nc6c5)ccc4n3)c2)cc1. The van der Waals surface area contributed by atoms with Crippen LogP contribution in [0.3, 0.4) is 0 Å². The molecule has 52 heavy (non-hydrogen) atoms. The predicted molar refractivity (Wildman–Crippen MR) is 215 cm³/mol. The van der Waals surface area contributed by atoms with Gasteiger partial charge in [-0.25, -0.2) is 15.0 Å².